The Morgan fingerprint density at radius 2 is 1.62 bits per heavy atom. The summed E-state index contributed by atoms with van der Waals surface area (Å²) in [7, 11) is 0. The second-order valence-electron chi connectivity index (χ2n) is 9.82. The van der Waals surface area contributed by atoms with Crippen LogP contribution in [0.3, 0.4) is 0 Å². The van der Waals surface area contributed by atoms with Crippen LogP contribution in [-0.4, -0.2) is 23.6 Å². The van der Waals surface area contributed by atoms with E-state index in [1.807, 2.05) is 27.7 Å². The lowest BCUT2D eigenvalue weighted by molar-refractivity contribution is -0.191. The SMILES string of the molecule is Cc1cc(=O)oc2c3c(ccc12)OC(C)(C)[C@H](OC(=O)CC(C)C)[C@@H]3OC(=O)CC(C)C. The van der Waals surface area contributed by atoms with Gasteiger partial charge >= 0.3 is 17.6 Å². The first-order valence-electron chi connectivity index (χ1n) is 11.0. The lowest BCUT2D eigenvalue weighted by Gasteiger charge is -2.43. The van der Waals surface area contributed by atoms with Gasteiger partial charge in [-0.25, -0.2) is 4.79 Å². The van der Waals surface area contributed by atoms with E-state index in [9.17, 15) is 14.4 Å². The van der Waals surface area contributed by atoms with Gasteiger partial charge in [0.2, 0.25) is 0 Å². The Labute approximate surface area is 188 Å². The highest BCUT2D eigenvalue weighted by Crippen LogP contribution is 2.47. The van der Waals surface area contributed by atoms with E-state index in [0.29, 0.717) is 16.7 Å². The van der Waals surface area contributed by atoms with Crippen LogP contribution >= 0.6 is 0 Å². The largest absolute Gasteiger partial charge is 0.483 e. The van der Waals surface area contributed by atoms with Crippen LogP contribution in [-0.2, 0) is 19.1 Å². The summed E-state index contributed by atoms with van der Waals surface area (Å²) < 4.78 is 23.5. The summed E-state index contributed by atoms with van der Waals surface area (Å²) in [5.74, 6) is -0.219. The molecule has 0 unspecified atom stereocenters. The zero-order chi connectivity index (χ0) is 23.8. The van der Waals surface area contributed by atoms with E-state index >= 15 is 0 Å². The fraction of sp³-hybridized carbons (Fsp3) is 0.560. The van der Waals surface area contributed by atoms with Crippen LogP contribution in [0.2, 0.25) is 0 Å². The van der Waals surface area contributed by atoms with Crippen molar-refractivity contribution in [3.05, 3.63) is 39.7 Å². The van der Waals surface area contributed by atoms with Crippen molar-refractivity contribution in [3.63, 3.8) is 0 Å². The maximum absolute atomic E-state index is 12.7. The molecule has 2 aromatic rings. The maximum Gasteiger partial charge on any atom is 0.336 e. The van der Waals surface area contributed by atoms with E-state index < -0.39 is 35.4 Å². The van der Waals surface area contributed by atoms with E-state index in [4.69, 9.17) is 18.6 Å². The van der Waals surface area contributed by atoms with Crippen LogP contribution in [0.5, 0.6) is 5.75 Å². The van der Waals surface area contributed by atoms with Crippen LogP contribution < -0.4 is 10.4 Å². The molecular formula is C25H32O7. The standard InChI is InChI=1S/C25H32O7/c1-13(2)10-18(26)30-23-21-17(9-8-16-15(5)12-20(28)29-22(16)21)32-25(6,7)24(23)31-19(27)11-14(3)4/h8-9,12-14,23-24H,10-11H2,1-7H3/t23-,24-/m1/s1. The molecule has 0 radical (unpaired) electrons. The van der Waals surface area contributed by atoms with Crippen LogP contribution in [0.4, 0.5) is 0 Å². The summed E-state index contributed by atoms with van der Waals surface area (Å²) in [4.78, 5) is 37.5. The minimum atomic E-state index is -0.986. The Hall–Kier alpha value is -2.83. The van der Waals surface area contributed by atoms with Gasteiger partial charge < -0.3 is 18.6 Å². The molecule has 0 saturated heterocycles. The van der Waals surface area contributed by atoms with Gasteiger partial charge in [0.1, 0.15) is 16.9 Å². The maximum atomic E-state index is 12.7. The molecule has 0 amide bonds. The normalized spacial score (nSPS) is 19.5. The van der Waals surface area contributed by atoms with Gasteiger partial charge in [-0.1, -0.05) is 27.7 Å². The average molecular weight is 445 g/mol. The number of carbonyl (C=O) groups excluding carboxylic acids is 2. The molecule has 3 rings (SSSR count). The van der Waals surface area contributed by atoms with Crippen molar-refractivity contribution in [2.24, 2.45) is 11.8 Å². The molecule has 0 spiro atoms. The highest BCUT2D eigenvalue weighted by atomic mass is 16.6. The van der Waals surface area contributed by atoms with Gasteiger partial charge in [-0.3, -0.25) is 9.59 Å². The number of hydrogen-bond acceptors (Lipinski definition) is 7. The van der Waals surface area contributed by atoms with Crippen molar-refractivity contribution in [1.29, 1.82) is 0 Å². The Morgan fingerprint density at radius 3 is 2.22 bits per heavy atom. The van der Waals surface area contributed by atoms with Crippen molar-refractivity contribution in [1.82, 2.24) is 0 Å². The quantitative estimate of drug-likeness (QED) is 0.464. The second-order valence-corrected chi connectivity index (χ2v) is 9.82. The van der Waals surface area contributed by atoms with Gasteiger partial charge in [0.05, 0.1) is 5.56 Å². The monoisotopic (exact) mass is 444 g/mol. The Bertz CT molecular complexity index is 1080. The molecule has 1 aromatic heterocycles. The van der Waals surface area contributed by atoms with Crippen molar-refractivity contribution in [2.75, 3.05) is 0 Å². The van der Waals surface area contributed by atoms with Crippen molar-refractivity contribution in [2.45, 2.75) is 79.1 Å². The molecule has 0 N–H and O–H groups in total. The molecule has 0 fully saturated rings. The summed E-state index contributed by atoms with van der Waals surface area (Å²) >= 11 is 0. The average Bonchev–Trinajstić information content (AvgIpc) is 2.62. The lowest BCUT2D eigenvalue weighted by Crippen LogP contribution is -2.52. The Balaban J connectivity index is 2.18. The third-order valence-electron chi connectivity index (χ3n) is 5.40. The minimum Gasteiger partial charge on any atom is -0.483 e. The Morgan fingerprint density at radius 1 is 1.03 bits per heavy atom. The number of ether oxygens (including phenoxy) is 3. The summed E-state index contributed by atoms with van der Waals surface area (Å²) in [5, 5.41) is 0.698. The van der Waals surface area contributed by atoms with Gasteiger partial charge in [-0.2, -0.15) is 0 Å². The summed E-state index contributed by atoms with van der Waals surface area (Å²) in [6.07, 6.45) is -1.48. The van der Waals surface area contributed by atoms with Gasteiger partial charge in [0.25, 0.3) is 0 Å². The number of fused-ring (bicyclic) bond motifs is 3. The van der Waals surface area contributed by atoms with E-state index in [1.165, 1.54) is 6.07 Å². The van der Waals surface area contributed by atoms with Gasteiger partial charge in [0.15, 0.2) is 12.2 Å². The first kappa shape index (κ1) is 23.8. The molecule has 32 heavy (non-hydrogen) atoms. The fourth-order valence-corrected chi connectivity index (χ4v) is 3.97. The van der Waals surface area contributed by atoms with Gasteiger partial charge in [-0.05, 0) is 50.3 Å². The molecule has 1 aromatic carbocycles. The number of benzene rings is 1. The molecule has 7 nitrogen and oxygen atoms in total. The van der Waals surface area contributed by atoms with E-state index in [-0.39, 0.29) is 30.3 Å². The first-order chi connectivity index (χ1) is 14.9. The van der Waals surface area contributed by atoms with Gasteiger partial charge in [0, 0.05) is 24.3 Å². The molecule has 0 bridgehead atoms. The summed E-state index contributed by atoms with van der Waals surface area (Å²) in [6, 6.07) is 4.98. The molecule has 0 saturated carbocycles. The number of carbonyl (C=O) groups is 2. The van der Waals surface area contributed by atoms with E-state index in [0.717, 1.165) is 5.56 Å². The summed E-state index contributed by atoms with van der Waals surface area (Å²) in [5.41, 5.74) is -0.101. The molecule has 7 heteroatoms. The molecule has 1 aliphatic heterocycles. The van der Waals surface area contributed by atoms with Crippen LogP contribution in [0.25, 0.3) is 11.0 Å². The zero-order valence-corrected chi connectivity index (χ0v) is 19.8. The van der Waals surface area contributed by atoms with E-state index in [1.54, 1.807) is 32.9 Å². The Kier molecular flexibility index (Phi) is 6.67. The van der Waals surface area contributed by atoms with E-state index in [2.05, 4.69) is 0 Å². The molecule has 2 atom stereocenters. The number of hydrogen-bond donors (Lipinski definition) is 0. The molecular weight excluding hydrogens is 412 g/mol. The molecule has 2 heterocycles. The second kappa shape index (κ2) is 8.96. The highest BCUT2D eigenvalue weighted by molar-refractivity contribution is 5.86. The lowest BCUT2D eigenvalue weighted by atomic mass is 9.86. The minimum absolute atomic E-state index is 0.0875. The van der Waals surface area contributed by atoms with Gasteiger partial charge in [-0.15, -0.1) is 0 Å². The number of aryl methyl sites for hydroxylation is 1. The van der Waals surface area contributed by atoms with Crippen LogP contribution in [0.15, 0.2) is 27.4 Å². The van der Waals surface area contributed by atoms with Crippen LogP contribution in [0.1, 0.15) is 71.6 Å². The molecule has 0 aliphatic carbocycles. The predicted octanol–water partition coefficient (Wildman–Crippen LogP) is 4.86. The zero-order valence-electron chi connectivity index (χ0n) is 19.8. The molecule has 1 aliphatic rings. The smallest absolute Gasteiger partial charge is 0.336 e. The first-order valence-corrected chi connectivity index (χ1v) is 11.0. The topological polar surface area (TPSA) is 92.0 Å². The summed E-state index contributed by atoms with van der Waals surface area (Å²) in [6.45, 7) is 13.0. The molecule has 174 valence electrons. The third-order valence-corrected chi connectivity index (χ3v) is 5.40. The van der Waals surface area contributed by atoms with Crippen LogP contribution in [0, 0.1) is 18.8 Å². The van der Waals surface area contributed by atoms with Crippen molar-refractivity contribution >= 4 is 22.9 Å². The highest BCUT2D eigenvalue weighted by Gasteiger charge is 2.50. The predicted molar refractivity (Wildman–Crippen MR) is 120 cm³/mol. The fourth-order valence-electron chi connectivity index (χ4n) is 3.97. The number of rotatable bonds is 6. The van der Waals surface area contributed by atoms with Crippen molar-refractivity contribution in [3.8, 4) is 5.75 Å². The third kappa shape index (κ3) is 4.97. The van der Waals surface area contributed by atoms with Crippen molar-refractivity contribution < 1.29 is 28.2 Å². The number of esters is 2.